The zero-order valence-corrected chi connectivity index (χ0v) is 9.46. The Kier molecular flexibility index (Phi) is 3.08. The van der Waals surface area contributed by atoms with Crippen LogP contribution in [0.1, 0.15) is 18.4 Å². The van der Waals surface area contributed by atoms with Gasteiger partial charge in [0, 0.05) is 5.56 Å². The normalized spacial score (nSPS) is 15.6. The van der Waals surface area contributed by atoms with E-state index in [-0.39, 0.29) is 6.61 Å². The SMILES string of the molecule is OCc1cccc(Br)c1OCC1CC1. The van der Waals surface area contributed by atoms with E-state index in [1.807, 2.05) is 18.2 Å². The Labute approximate surface area is 92.0 Å². The Hall–Kier alpha value is -0.540. The van der Waals surface area contributed by atoms with Gasteiger partial charge in [0.05, 0.1) is 17.7 Å². The third kappa shape index (κ3) is 2.28. The van der Waals surface area contributed by atoms with Crippen LogP contribution in [0.25, 0.3) is 0 Å². The molecule has 14 heavy (non-hydrogen) atoms. The molecule has 1 aliphatic rings. The average Bonchev–Trinajstić information content (AvgIpc) is 2.99. The molecule has 0 amide bonds. The molecule has 2 nitrogen and oxygen atoms in total. The molecule has 3 heteroatoms. The van der Waals surface area contributed by atoms with Crippen LogP contribution in [0.5, 0.6) is 5.75 Å². The fraction of sp³-hybridized carbons (Fsp3) is 0.455. The molecule has 0 heterocycles. The van der Waals surface area contributed by atoms with Gasteiger partial charge in [-0.15, -0.1) is 0 Å². The number of aliphatic hydroxyl groups is 1. The maximum absolute atomic E-state index is 9.12. The molecule has 0 aliphatic heterocycles. The van der Waals surface area contributed by atoms with E-state index in [2.05, 4.69) is 15.9 Å². The quantitative estimate of drug-likeness (QED) is 0.898. The Morgan fingerprint density at radius 1 is 1.43 bits per heavy atom. The van der Waals surface area contributed by atoms with Gasteiger partial charge in [0.1, 0.15) is 5.75 Å². The van der Waals surface area contributed by atoms with Crippen molar-refractivity contribution in [2.75, 3.05) is 6.61 Å². The second kappa shape index (κ2) is 4.32. The fourth-order valence-electron chi connectivity index (χ4n) is 1.33. The van der Waals surface area contributed by atoms with E-state index in [0.717, 1.165) is 28.3 Å². The first kappa shape index (κ1) is 9.99. The van der Waals surface area contributed by atoms with E-state index in [0.29, 0.717) is 0 Å². The van der Waals surface area contributed by atoms with Gasteiger partial charge in [0.15, 0.2) is 0 Å². The van der Waals surface area contributed by atoms with Crippen molar-refractivity contribution in [3.8, 4) is 5.75 Å². The van der Waals surface area contributed by atoms with Crippen LogP contribution in [0, 0.1) is 5.92 Å². The summed E-state index contributed by atoms with van der Waals surface area (Å²) in [5, 5.41) is 9.12. The smallest absolute Gasteiger partial charge is 0.138 e. The molecule has 0 spiro atoms. The van der Waals surface area contributed by atoms with Crippen molar-refractivity contribution in [1.29, 1.82) is 0 Å². The van der Waals surface area contributed by atoms with Crippen LogP contribution >= 0.6 is 15.9 Å². The number of para-hydroxylation sites is 1. The maximum atomic E-state index is 9.12. The highest BCUT2D eigenvalue weighted by atomic mass is 79.9. The number of hydrogen-bond donors (Lipinski definition) is 1. The number of benzene rings is 1. The molecule has 1 aliphatic carbocycles. The van der Waals surface area contributed by atoms with Crippen molar-refractivity contribution in [3.05, 3.63) is 28.2 Å². The molecule has 2 rings (SSSR count). The highest BCUT2D eigenvalue weighted by molar-refractivity contribution is 9.10. The molecule has 0 atom stereocenters. The zero-order chi connectivity index (χ0) is 9.97. The van der Waals surface area contributed by atoms with Gasteiger partial charge in [-0.05, 0) is 40.8 Å². The molecule has 1 aromatic carbocycles. The monoisotopic (exact) mass is 256 g/mol. The average molecular weight is 257 g/mol. The molecule has 1 N–H and O–H groups in total. The number of halogens is 1. The van der Waals surface area contributed by atoms with Gasteiger partial charge in [-0.2, -0.15) is 0 Å². The van der Waals surface area contributed by atoms with Crippen molar-refractivity contribution in [1.82, 2.24) is 0 Å². The third-order valence-corrected chi connectivity index (χ3v) is 3.00. The fourth-order valence-corrected chi connectivity index (χ4v) is 1.85. The minimum Gasteiger partial charge on any atom is -0.492 e. The van der Waals surface area contributed by atoms with Crippen molar-refractivity contribution >= 4 is 15.9 Å². The lowest BCUT2D eigenvalue weighted by atomic mass is 10.2. The Balaban J connectivity index is 2.11. The summed E-state index contributed by atoms with van der Waals surface area (Å²) in [6.45, 7) is 0.801. The molecular formula is C11H13BrO2. The summed E-state index contributed by atoms with van der Waals surface area (Å²) >= 11 is 3.42. The van der Waals surface area contributed by atoms with Gasteiger partial charge in [-0.1, -0.05) is 12.1 Å². The first-order chi connectivity index (χ1) is 6.81. The van der Waals surface area contributed by atoms with Crippen LogP contribution < -0.4 is 4.74 Å². The summed E-state index contributed by atoms with van der Waals surface area (Å²) in [4.78, 5) is 0. The van der Waals surface area contributed by atoms with Gasteiger partial charge in [-0.25, -0.2) is 0 Å². The molecule has 0 radical (unpaired) electrons. The number of hydrogen-bond acceptors (Lipinski definition) is 2. The largest absolute Gasteiger partial charge is 0.492 e. The van der Waals surface area contributed by atoms with Gasteiger partial charge >= 0.3 is 0 Å². The van der Waals surface area contributed by atoms with E-state index < -0.39 is 0 Å². The summed E-state index contributed by atoms with van der Waals surface area (Å²) < 4.78 is 6.60. The van der Waals surface area contributed by atoms with E-state index >= 15 is 0 Å². The van der Waals surface area contributed by atoms with E-state index in [9.17, 15) is 0 Å². The summed E-state index contributed by atoms with van der Waals surface area (Å²) in [6, 6.07) is 5.72. The number of aliphatic hydroxyl groups excluding tert-OH is 1. The van der Waals surface area contributed by atoms with Gasteiger partial charge in [0.2, 0.25) is 0 Å². The second-order valence-electron chi connectivity index (χ2n) is 3.64. The highest BCUT2D eigenvalue weighted by Gasteiger charge is 2.22. The Bertz CT molecular complexity index is 321. The predicted molar refractivity (Wildman–Crippen MR) is 58.3 cm³/mol. The van der Waals surface area contributed by atoms with Gasteiger partial charge < -0.3 is 9.84 Å². The minimum atomic E-state index is 0.0272. The lowest BCUT2D eigenvalue weighted by Crippen LogP contribution is -2.02. The van der Waals surface area contributed by atoms with E-state index in [1.54, 1.807) is 0 Å². The summed E-state index contributed by atoms with van der Waals surface area (Å²) in [5.74, 6) is 1.52. The standard InChI is InChI=1S/C11H13BrO2/c12-10-3-1-2-9(6-13)11(10)14-7-8-4-5-8/h1-3,8,13H,4-7H2. The van der Waals surface area contributed by atoms with Crippen LogP contribution in [0.15, 0.2) is 22.7 Å². The number of rotatable bonds is 4. The van der Waals surface area contributed by atoms with Crippen molar-refractivity contribution in [3.63, 3.8) is 0 Å². The summed E-state index contributed by atoms with van der Waals surface area (Å²) in [5.41, 5.74) is 0.847. The first-order valence-electron chi connectivity index (χ1n) is 4.82. The number of ether oxygens (including phenoxy) is 1. The molecule has 0 bridgehead atoms. The van der Waals surface area contributed by atoms with Gasteiger partial charge in [0.25, 0.3) is 0 Å². The first-order valence-corrected chi connectivity index (χ1v) is 5.61. The van der Waals surface area contributed by atoms with Gasteiger partial charge in [-0.3, -0.25) is 0 Å². The molecule has 0 aromatic heterocycles. The summed E-state index contributed by atoms with van der Waals surface area (Å²) in [6.07, 6.45) is 2.55. The molecule has 76 valence electrons. The minimum absolute atomic E-state index is 0.0272. The third-order valence-electron chi connectivity index (χ3n) is 2.38. The van der Waals surface area contributed by atoms with Crippen LogP contribution in [-0.2, 0) is 6.61 Å². The highest BCUT2D eigenvalue weighted by Crippen LogP contribution is 2.33. The second-order valence-corrected chi connectivity index (χ2v) is 4.49. The molecule has 0 unspecified atom stereocenters. The van der Waals surface area contributed by atoms with Crippen molar-refractivity contribution in [2.45, 2.75) is 19.4 Å². The molecule has 1 fully saturated rings. The molecular weight excluding hydrogens is 244 g/mol. The van der Waals surface area contributed by atoms with Crippen molar-refractivity contribution in [2.24, 2.45) is 5.92 Å². The van der Waals surface area contributed by atoms with Crippen LogP contribution in [0.4, 0.5) is 0 Å². The zero-order valence-electron chi connectivity index (χ0n) is 7.87. The van der Waals surface area contributed by atoms with Crippen molar-refractivity contribution < 1.29 is 9.84 Å². The van der Waals surface area contributed by atoms with Crippen LogP contribution in [-0.4, -0.2) is 11.7 Å². The summed E-state index contributed by atoms with van der Waals surface area (Å²) in [7, 11) is 0. The lowest BCUT2D eigenvalue weighted by Gasteiger charge is -2.11. The van der Waals surface area contributed by atoms with Crippen LogP contribution in [0.3, 0.4) is 0 Å². The predicted octanol–water partition coefficient (Wildman–Crippen LogP) is 2.73. The Morgan fingerprint density at radius 3 is 2.86 bits per heavy atom. The lowest BCUT2D eigenvalue weighted by molar-refractivity contribution is 0.257. The topological polar surface area (TPSA) is 29.5 Å². The molecule has 1 saturated carbocycles. The maximum Gasteiger partial charge on any atom is 0.138 e. The molecule has 1 aromatic rings. The van der Waals surface area contributed by atoms with Crippen LogP contribution in [0.2, 0.25) is 0 Å². The molecule has 0 saturated heterocycles. The Morgan fingerprint density at radius 2 is 2.21 bits per heavy atom. The van der Waals surface area contributed by atoms with E-state index in [1.165, 1.54) is 12.8 Å². The van der Waals surface area contributed by atoms with E-state index in [4.69, 9.17) is 9.84 Å².